The van der Waals surface area contributed by atoms with E-state index in [0.29, 0.717) is 23.0 Å². The van der Waals surface area contributed by atoms with E-state index in [0.717, 1.165) is 17.6 Å². The number of H-pyrrole nitrogens is 1. The Balaban J connectivity index is 1.73. The van der Waals surface area contributed by atoms with Crippen LogP contribution < -0.4 is 0 Å². The number of fused-ring (bicyclic) bond motifs is 1. The zero-order chi connectivity index (χ0) is 14.7. The number of nitrogens with one attached hydrogen (secondary N) is 1. The van der Waals surface area contributed by atoms with Gasteiger partial charge in [-0.05, 0) is 37.2 Å². The van der Waals surface area contributed by atoms with Gasteiger partial charge in [0.2, 0.25) is 0 Å². The number of rotatable bonds is 4. The normalized spacial score (nSPS) is 16.1. The molecule has 0 amide bonds. The lowest BCUT2D eigenvalue weighted by molar-refractivity contribution is 0.0243. The van der Waals surface area contributed by atoms with E-state index in [1.807, 2.05) is 16.7 Å². The SMILES string of the molecule is N#Cc1cccc2c1[nH]c(=S)n2CCOC1CCCCC1. The molecule has 3 rings (SSSR count). The van der Waals surface area contributed by atoms with E-state index < -0.39 is 0 Å². The predicted molar refractivity (Wildman–Crippen MR) is 84.7 cm³/mol. The molecule has 1 aromatic carbocycles. The van der Waals surface area contributed by atoms with Crippen LogP contribution in [-0.4, -0.2) is 22.3 Å². The highest BCUT2D eigenvalue weighted by molar-refractivity contribution is 7.71. The Hall–Kier alpha value is -1.64. The number of benzene rings is 1. The number of imidazole rings is 1. The van der Waals surface area contributed by atoms with Crippen LogP contribution in [0.15, 0.2) is 18.2 Å². The summed E-state index contributed by atoms with van der Waals surface area (Å²) in [5, 5.41) is 9.14. The van der Waals surface area contributed by atoms with Crippen molar-refractivity contribution in [1.82, 2.24) is 9.55 Å². The molecular weight excluding hydrogens is 282 g/mol. The molecule has 0 atom stereocenters. The Labute approximate surface area is 129 Å². The lowest BCUT2D eigenvalue weighted by atomic mass is 9.98. The molecule has 4 nitrogen and oxygen atoms in total. The molecule has 1 fully saturated rings. The monoisotopic (exact) mass is 301 g/mol. The van der Waals surface area contributed by atoms with Crippen molar-refractivity contribution in [2.45, 2.75) is 44.8 Å². The molecule has 0 saturated heterocycles. The largest absolute Gasteiger partial charge is 0.376 e. The Morgan fingerprint density at radius 2 is 2.14 bits per heavy atom. The summed E-state index contributed by atoms with van der Waals surface area (Å²) in [4.78, 5) is 3.13. The van der Waals surface area contributed by atoms with Crippen molar-refractivity contribution < 1.29 is 4.74 Å². The second-order valence-corrected chi connectivity index (χ2v) is 5.91. The van der Waals surface area contributed by atoms with Crippen molar-refractivity contribution in [3.8, 4) is 6.07 Å². The summed E-state index contributed by atoms with van der Waals surface area (Å²) in [6.45, 7) is 1.40. The van der Waals surface area contributed by atoms with Gasteiger partial charge in [-0.25, -0.2) is 0 Å². The topological polar surface area (TPSA) is 53.7 Å². The first-order valence-electron chi connectivity index (χ1n) is 7.53. The van der Waals surface area contributed by atoms with Gasteiger partial charge in [-0.1, -0.05) is 25.3 Å². The van der Waals surface area contributed by atoms with E-state index in [2.05, 4.69) is 11.1 Å². The van der Waals surface area contributed by atoms with Crippen molar-refractivity contribution in [2.75, 3.05) is 6.61 Å². The molecule has 1 N–H and O–H groups in total. The van der Waals surface area contributed by atoms with Gasteiger partial charge in [-0.3, -0.25) is 0 Å². The van der Waals surface area contributed by atoms with Crippen LogP contribution in [-0.2, 0) is 11.3 Å². The summed E-state index contributed by atoms with van der Waals surface area (Å²) < 4.78 is 8.65. The first-order valence-corrected chi connectivity index (χ1v) is 7.93. The summed E-state index contributed by atoms with van der Waals surface area (Å²) in [5.74, 6) is 0. The van der Waals surface area contributed by atoms with E-state index in [-0.39, 0.29) is 0 Å². The molecule has 1 aliphatic rings. The van der Waals surface area contributed by atoms with Gasteiger partial charge in [0.05, 0.1) is 29.3 Å². The minimum atomic E-state index is 0.410. The van der Waals surface area contributed by atoms with Gasteiger partial charge in [-0.15, -0.1) is 0 Å². The number of nitriles is 1. The average molecular weight is 301 g/mol. The molecular formula is C16H19N3OS. The molecule has 0 aliphatic heterocycles. The standard InChI is InChI=1S/C16H19N3OS/c17-11-12-5-4-8-14-15(12)18-16(21)19(14)9-10-20-13-6-2-1-3-7-13/h4-5,8,13H,1-3,6-7,9-10H2,(H,18,21). The van der Waals surface area contributed by atoms with Gasteiger partial charge in [0.15, 0.2) is 4.77 Å². The Bertz CT molecular complexity index is 719. The fraction of sp³-hybridized carbons (Fsp3) is 0.500. The molecule has 0 radical (unpaired) electrons. The third kappa shape index (κ3) is 3.02. The molecule has 0 unspecified atom stereocenters. The number of ether oxygens (including phenoxy) is 1. The van der Waals surface area contributed by atoms with Gasteiger partial charge >= 0.3 is 0 Å². The molecule has 2 aromatic rings. The predicted octanol–water partition coefficient (Wildman–Crippen LogP) is 3.92. The van der Waals surface area contributed by atoms with Crippen molar-refractivity contribution in [1.29, 1.82) is 5.26 Å². The van der Waals surface area contributed by atoms with Crippen molar-refractivity contribution in [3.05, 3.63) is 28.5 Å². The quantitative estimate of drug-likeness (QED) is 0.871. The molecule has 1 aromatic heterocycles. The van der Waals surface area contributed by atoms with Crippen LogP contribution in [0.3, 0.4) is 0 Å². The molecule has 21 heavy (non-hydrogen) atoms. The van der Waals surface area contributed by atoms with Gasteiger partial charge < -0.3 is 14.3 Å². The van der Waals surface area contributed by atoms with Crippen molar-refractivity contribution >= 4 is 23.3 Å². The lowest BCUT2D eigenvalue weighted by Crippen LogP contribution is -2.19. The second kappa shape index (κ2) is 6.42. The minimum absolute atomic E-state index is 0.410. The number of para-hydroxylation sites is 1. The number of aromatic nitrogens is 2. The zero-order valence-corrected chi connectivity index (χ0v) is 12.8. The first kappa shape index (κ1) is 14.3. The maximum atomic E-state index is 9.14. The van der Waals surface area contributed by atoms with Crippen LogP contribution in [0.25, 0.3) is 11.0 Å². The first-order chi connectivity index (χ1) is 10.3. The van der Waals surface area contributed by atoms with Gasteiger partial charge in [-0.2, -0.15) is 5.26 Å². The Kier molecular flexibility index (Phi) is 4.37. The number of hydrogen-bond donors (Lipinski definition) is 1. The molecule has 110 valence electrons. The Morgan fingerprint density at radius 1 is 1.33 bits per heavy atom. The van der Waals surface area contributed by atoms with Crippen LogP contribution in [0.1, 0.15) is 37.7 Å². The lowest BCUT2D eigenvalue weighted by Gasteiger charge is -2.22. The van der Waals surface area contributed by atoms with E-state index in [4.69, 9.17) is 22.2 Å². The minimum Gasteiger partial charge on any atom is -0.376 e. The smallest absolute Gasteiger partial charge is 0.178 e. The number of aromatic amines is 1. The third-order valence-corrected chi connectivity index (χ3v) is 4.47. The highest BCUT2D eigenvalue weighted by atomic mass is 32.1. The van der Waals surface area contributed by atoms with Crippen LogP contribution in [0.2, 0.25) is 0 Å². The second-order valence-electron chi connectivity index (χ2n) is 5.52. The van der Waals surface area contributed by atoms with Crippen LogP contribution >= 0.6 is 12.2 Å². The average Bonchev–Trinajstić information content (AvgIpc) is 2.84. The summed E-state index contributed by atoms with van der Waals surface area (Å²) >= 11 is 5.37. The molecule has 5 heteroatoms. The van der Waals surface area contributed by atoms with Gasteiger partial charge in [0, 0.05) is 6.54 Å². The summed E-state index contributed by atoms with van der Waals surface area (Å²) in [5.41, 5.74) is 2.43. The van der Waals surface area contributed by atoms with Gasteiger partial charge in [0.1, 0.15) is 6.07 Å². The molecule has 1 aliphatic carbocycles. The van der Waals surface area contributed by atoms with E-state index in [1.54, 1.807) is 6.07 Å². The fourth-order valence-corrected chi connectivity index (χ4v) is 3.33. The van der Waals surface area contributed by atoms with Crippen LogP contribution in [0.5, 0.6) is 0 Å². The highest BCUT2D eigenvalue weighted by Gasteiger charge is 2.14. The fourth-order valence-electron chi connectivity index (χ4n) is 3.04. The highest BCUT2D eigenvalue weighted by Crippen LogP contribution is 2.21. The van der Waals surface area contributed by atoms with E-state index in [1.165, 1.54) is 32.1 Å². The van der Waals surface area contributed by atoms with E-state index in [9.17, 15) is 0 Å². The van der Waals surface area contributed by atoms with Gasteiger partial charge in [0.25, 0.3) is 0 Å². The summed E-state index contributed by atoms with van der Waals surface area (Å²) in [7, 11) is 0. The van der Waals surface area contributed by atoms with Crippen LogP contribution in [0, 0.1) is 16.1 Å². The maximum absolute atomic E-state index is 9.14. The Morgan fingerprint density at radius 3 is 2.90 bits per heavy atom. The van der Waals surface area contributed by atoms with Crippen molar-refractivity contribution in [2.24, 2.45) is 0 Å². The molecule has 0 bridgehead atoms. The molecule has 0 spiro atoms. The zero-order valence-electron chi connectivity index (χ0n) is 12.0. The maximum Gasteiger partial charge on any atom is 0.178 e. The van der Waals surface area contributed by atoms with E-state index >= 15 is 0 Å². The van der Waals surface area contributed by atoms with Crippen LogP contribution in [0.4, 0.5) is 0 Å². The molecule has 1 saturated carbocycles. The number of hydrogen-bond acceptors (Lipinski definition) is 3. The summed E-state index contributed by atoms with van der Waals surface area (Å²) in [6.07, 6.45) is 6.67. The number of nitrogens with zero attached hydrogens (tertiary/aromatic N) is 2. The third-order valence-electron chi connectivity index (χ3n) is 4.15. The van der Waals surface area contributed by atoms with Crippen molar-refractivity contribution in [3.63, 3.8) is 0 Å². The summed E-state index contributed by atoms with van der Waals surface area (Å²) in [6, 6.07) is 7.88. The molecule has 1 heterocycles.